The molecule has 2 aromatic heterocycles. The Morgan fingerprint density at radius 1 is 1.32 bits per heavy atom. The molecule has 0 aliphatic heterocycles. The number of H-pyrrole nitrogens is 1. The largest absolute Gasteiger partial charge is 0.344 e. The molecule has 1 amide bonds. The van der Waals surface area contributed by atoms with Gasteiger partial charge in [-0.1, -0.05) is 35.9 Å². The zero-order valence-electron chi connectivity index (χ0n) is 14.6. The maximum Gasteiger partial charge on any atom is 0.257 e. The zero-order chi connectivity index (χ0) is 19.9. The fourth-order valence-corrected chi connectivity index (χ4v) is 4.96. The van der Waals surface area contributed by atoms with Crippen LogP contribution in [0.1, 0.15) is 36.3 Å². The van der Waals surface area contributed by atoms with E-state index in [2.05, 4.69) is 30.9 Å². The number of thiazole rings is 1. The summed E-state index contributed by atoms with van der Waals surface area (Å²) >= 11 is 7.11. The molecule has 1 fully saturated rings. The van der Waals surface area contributed by atoms with E-state index >= 15 is 8.78 Å². The summed E-state index contributed by atoms with van der Waals surface area (Å²) in [5.41, 5.74) is -0.308. The molecular weight excluding hydrogens is 410 g/mol. The number of aromatic nitrogens is 5. The maximum absolute atomic E-state index is 15.1. The van der Waals surface area contributed by atoms with Gasteiger partial charge in [0.05, 0.1) is 12.1 Å². The molecule has 0 spiro atoms. The van der Waals surface area contributed by atoms with Gasteiger partial charge in [0, 0.05) is 18.9 Å². The number of amides is 1. The Bertz CT molecular complexity index is 994. The van der Waals surface area contributed by atoms with Gasteiger partial charge in [0.2, 0.25) is 11.7 Å². The summed E-state index contributed by atoms with van der Waals surface area (Å²) in [5, 5.41) is 16.8. The van der Waals surface area contributed by atoms with Crippen molar-refractivity contribution in [3.05, 3.63) is 45.4 Å². The first-order valence-electron chi connectivity index (χ1n) is 8.44. The van der Waals surface area contributed by atoms with Crippen molar-refractivity contribution in [1.82, 2.24) is 30.9 Å². The van der Waals surface area contributed by atoms with Crippen LogP contribution in [0.3, 0.4) is 0 Å². The molecule has 2 atom stereocenters. The summed E-state index contributed by atoms with van der Waals surface area (Å²) in [6.07, 6.45) is 1.10. The summed E-state index contributed by atoms with van der Waals surface area (Å²) in [6, 6.07) is 6.51. The smallest absolute Gasteiger partial charge is 0.257 e. The average Bonchev–Trinajstić information content (AvgIpc) is 3.36. The standard InChI is InChI=1S/C17H15ClF2N6OS/c1-9(27)22-16(15-21-8-12(18)28-15)6-7-17(19,20)13(16)10-2-4-11(5-3-10)14-23-25-26-24-14/h2-5,8,13H,6-7H2,1H3,(H,22,27)(H,23,24,25,26). The summed E-state index contributed by atoms with van der Waals surface area (Å²) < 4.78 is 30.5. The number of nitrogens with zero attached hydrogens (tertiary/aromatic N) is 4. The Kier molecular flexibility index (Phi) is 4.62. The van der Waals surface area contributed by atoms with E-state index in [-0.39, 0.29) is 12.8 Å². The van der Waals surface area contributed by atoms with Gasteiger partial charge in [-0.2, -0.15) is 5.21 Å². The number of aromatic amines is 1. The lowest BCUT2D eigenvalue weighted by molar-refractivity contribution is -0.121. The summed E-state index contributed by atoms with van der Waals surface area (Å²) in [4.78, 5) is 16.2. The third-order valence-electron chi connectivity index (χ3n) is 4.87. The van der Waals surface area contributed by atoms with Crippen molar-refractivity contribution in [1.29, 1.82) is 0 Å². The number of hydrogen-bond donors (Lipinski definition) is 2. The van der Waals surface area contributed by atoms with Crippen LogP contribution < -0.4 is 5.32 Å². The predicted octanol–water partition coefficient (Wildman–Crippen LogP) is 3.52. The van der Waals surface area contributed by atoms with Crippen LogP contribution in [0.5, 0.6) is 0 Å². The van der Waals surface area contributed by atoms with Gasteiger partial charge in [-0.15, -0.1) is 21.5 Å². The fourth-order valence-electron chi connectivity index (χ4n) is 3.84. The molecule has 4 rings (SSSR count). The molecular formula is C17H15ClF2N6OS. The minimum absolute atomic E-state index is 0.0562. The van der Waals surface area contributed by atoms with Crippen molar-refractivity contribution < 1.29 is 13.6 Å². The minimum Gasteiger partial charge on any atom is -0.344 e. The molecule has 3 aromatic rings. The highest BCUT2D eigenvalue weighted by molar-refractivity contribution is 7.16. The fraction of sp³-hybridized carbons (Fsp3) is 0.353. The predicted molar refractivity (Wildman–Crippen MR) is 99.2 cm³/mol. The molecule has 0 saturated heterocycles. The molecule has 2 heterocycles. The number of nitrogens with one attached hydrogen (secondary N) is 2. The highest BCUT2D eigenvalue weighted by Gasteiger charge is 2.62. The van der Waals surface area contributed by atoms with Crippen molar-refractivity contribution in [2.75, 3.05) is 0 Å². The Morgan fingerprint density at radius 3 is 2.64 bits per heavy atom. The van der Waals surface area contributed by atoms with Gasteiger partial charge in [0.25, 0.3) is 5.92 Å². The van der Waals surface area contributed by atoms with Crippen molar-refractivity contribution in [3.8, 4) is 11.4 Å². The molecule has 146 valence electrons. The van der Waals surface area contributed by atoms with E-state index in [4.69, 9.17) is 11.6 Å². The van der Waals surface area contributed by atoms with Gasteiger partial charge in [0.1, 0.15) is 14.9 Å². The maximum atomic E-state index is 15.1. The number of carbonyl (C=O) groups is 1. The van der Waals surface area contributed by atoms with E-state index in [1.807, 2.05) is 0 Å². The number of alkyl halides is 2. The molecule has 0 bridgehead atoms. The van der Waals surface area contributed by atoms with Crippen molar-refractivity contribution in [2.45, 2.75) is 37.1 Å². The first-order chi connectivity index (χ1) is 13.3. The topological polar surface area (TPSA) is 96.5 Å². The second-order valence-electron chi connectivity index (χ2n) is 6.67. The first-order valence-corrected chi connectivity index (χ1v) is 9.63. The first kappa shape index (κ1) is 18.9. The van der Waals surface area contributed by atoms with Crippen molar-refractivity contribution in [2.24, 2.45) is 0 Å². The van der Waals surface area contributed by atoms with Crippen LogP contribution in [0.4, 0.5) is 8.78 Å². The van der Waals surface area contributed by atoms with E-state index in [0.717, 1.165) is 11.3 Å². The molecule has 1 aromatic carbocycles. The molecule has 28 heavy (non-hydrogen) atoms. The van der Waals surface area contributed by atoms with E-state index in [9.17, 15) is 4.79 Å². The van der Waals surface area contributed by atoms with Gasteiger partial charge in [-0.3, -0.25) is 4.79 Å². The van der Waals surface area contributed by atoms with Gasteiger partial charge >= 0.3 is 0 Å². The number of hydrogen-bond acceptors (Lipinski definition) is 6. The second kappa shape index (κ2) is 6.85. The second-order valence-corrected chi connectivity index (χ2v) is 8.34. The lowest BCUT2D eigenvalue weighted by atomic mass is 9.80. The number of tetrazole rings is 1. The van der Waals surface area contributed by atoms with Gasteiger partial charge < -0.3 is 5.32 Å². The lowest BCUT2D eigenvalue weighted by Gasteiger charge is -2.36. The van der Waals surface area contributed by atoms with Crippen LogP contribution in [-0.4, -0.2) is 37.4 Å². The summed E-state index contributed by atoms with van der Waals surface area (Å²) in [5.74, 6) is -4.36. The van der Waals surface area contributed by atoms with Crippen LogP contribution in [0, 0.1) is 0 Å². The van der Waals surface area contributed by atoms with Crippen LogP contribution in [-0.2, 0) is 10.3 Å². The van der Waals surface area contributed by atoms with Crippen molar-refractivity contribution >= 4 is 28.8 Å². The van der Waals surface area contributed by atoms with E-state index in [1.165, 1.54) is 13.1 Å². The molecule has 2 unspecified atom stereocenters. The van der Waals surface area contributed by atoms with E-state index in [1.54, 1.807) is 24.3 Å². The van der Waals surface area contributed by atoms with Crippen LogP contribution in [0.2, 0.25) is 4.34 Å². The Labute approximate surface area is 167 Å². The number of rotatable bonds is 4. The Hall–Kier alpha value is -2.46. The number of carbonyl (C=O) groups excluding carboxylic acids is 1. The lowest BCUT2D eigenvalue weighted by Crippen LogP contribution is -2.49. The molecule has 1 aliphatic rings. The van der Waals surface area contributed by atoms with E-state index < -0.39 is 23.3 Å². The van der Waals surface area contributed by atoms with Crippen LogP contribution in [0.25, 0.3) is 11.4 Å². The van der Waals surface area contributed by atoms with Gasteiger partial charge in [0.15, 0.2) is 0 Å². The van der Waals surface area contributed by atoms with Gasteiger partial charge in [-0.25, -0.2) is 13.8 Å². The van der Waals surface area contributed by atoms with Crippen LogP contribution in [0.15, 0.2) is 30.5 Å². The molecule has 2 N–H and O–H groups in total. The molecule has 1 aliphatic carbocycles. The molecule has 0 radical (unpaired) electrons. The van der Waals surface area contributed by atoms with Crippen molar-refractivity contribution in [3.63, 3.8) is 0 Å². The van der Waals surface area contributed by atoms with Crippen LogP contribution >= 0.6 is 22.9 Å². The Balaban J connectivity index is 1.81. The normalized spacial score (nSPS) is 23.6. The monoisotopic (exact) mass is 424 g/mol. The zero-order valence-corrected chi connectivity index (χ0v) is 16.2. The summed E-state index contributed by atoms with van der Waals surface area (Å²) in [6.45, 7) is 1.31. The number of halogens is 3. The quantitative estimate of drug-likeness (QED) is 0.668. The highest BCUT2D eigenvalue weighted by atomic mass is 35.5. The minimum atomic E-state index is -3.03. The third-order valence-corrected chi connectivity index (χ3v) is 6.17. The summed E-state index contributed by atoms with van der Waals surface area (Å²) in [7, 11) is 0. The molecule has 7 nitrogen and oxygen atoms in total. The highest BCUT2D eigenvalue weighted by Crippen LogP contribution is 2.58. The van der Waals surface area contributed by atoms with Gasteiger partial charge in [-0.05, 0) is 17.2 Å². The molecule has 1 saturated carbocycles. The SMILES string of the molecule is CC(=O)NC1(c2ncc(Cl)s2)CCC(F)(F)C1c1ccc(-c2nn[nH]n2)cc1. The third kappa shape index (κ3) is 3.16. The molecule has 11 heteroatoms. The number of benzene rings is 1. The average molecular weight is 425 g/mol. The van der Waals surface area contributed by atoms with E-state index in [0.29, 0.717) is 26.3 Å². The Morgan fingerprint density at radius 2 is 2.07 bits per heavy atom.